The molecule has 1 N–H and O–H groups in total. The molecule has 3 nitrogen and oxygen atoms in total. The van der Waals surface area contributed by atoms with Crippen LogP contribution >= 0.6 is 0 Å². The zero-order valence-corrected chi connectivity index (χ0v) is 8.73. The summed E-state index contributed by atoms with van der Waals surface area (Å²) in [6.45, 7) is 5.01. The van der Waals surface area contributed by atoms with Crippen molar-refractivity contribution < 1.29 is 9.84 Å². The van der Waals surface area contributed by atoms with Gasteiger partial charge in [-0.15, -0.1) is 0 Å². The van der Waals surface area contributed by atoms with Crippen molar-refractivity contribution in [3.8, 4) is 0 Å². The number of aryl methyl sites for hydroxylation is 1. The third-order valence-electron chi connectivity index (χ3n) is 1.90. The Morgan fingerprint density at radius 3 is 2.86 bits per heavy atom. The number of hydrogen-bond donors (Lipinski definition) is 1. The lowest BCUT2D eigenvalue weighted by molar-refractivity contribution is 0.0342. The van der Waals surface area contributed by atoms with Gasteiger partial charge in [-0.25, -0.2) is 0 Å². The van der Waals surface area contributed by atoms with Crippen molar-refractivity contribution in [2.45, 2.75) is 26.4 Å². The van der Waals surface area contributed by atoms with E-state index in [2.05, 4.69) is 4.98 Å². The molecule has 0 amide bonds. The van der Waals surface area contributed by atoms with E-state index < -0.39 is 6.10 Å². The van der Waals surface area contributed by atoms with Crippen molar-refractivity contribution in [2.75, 3.05) is 13.2 Å². The molecule has 0 aliphatic rings. The average molecular weight is 195 g/mol. The van der Waals surface area contributed by atoms with Crippen LogP contribution in [0.2, 0.25) is 0 Å². The van der Waals surface area contributed by atoms with E-state index in [1.165, 1.54) is 0 Å². The Morgan fingerprint density at radius 1 is 1.50 bits per heavy atom. The molecule has 1 aromatic rings. The van der Waals surface area contributed by atoms with Gasteiger partial charge in [0.15, 0.2) is 0 Å². The fourth-order valence-corrected chi connectivity index (χ4v) is 1.10. The Balaban J connectivity index is 2.43. The number of aliphatic hydroxyl groups is 1. The van der Waals surface area contributed by atoms with Gasteiger partial charge in [-0.1, -0.05) is 13.0 Å². The van der Waals surface area contributed by atoms with E-state index in [1.807, 2.05) is 26.0 Å². The highest BCUT2D eigenvalue weighted by Crippen LogP contribution is 2.10. The Kier molecular flexibility index (Phi) is 4.56. The molecule has 0 saturated heterocycles. The molecule has 78 valence electrons. The van der Waals surface area contributed by atoms with Gasteiger partial charge >= 0.3 is 0 Å². The van der Waals surface area contributed by atoms with Crippen LogP contribution in [0.15, 0.2) is 18.3 Å². The number of hydrogen-bond acceptors (Lipinski definition) is 3. The first-order valence-corrected chi connectivity index (χ1v) is 4.92. The number of aromatic nitrogens is 1. The first kappa shape index (κ1) is 11.1. The molecule has 3 heteroatoms. The van der Waals surface area contributed by atoms with E-state index in [9.17, 15) is 5.11 Å². The largest absolute Gasteiger partial charge is 0.384 e. The standard InChI is InChI=1S/C11H17NO2/c1-3-6-14-8-11(13)10-5-4-9(2)7-12-10/h4-5,7,11,13H,3,6,8H2,1-2H3. The van der Waals surface area contributed by atoms with Crippen LogP contribution in [-0.2, 0) is 4.74 Å². The fourth-order valence-electron chi connectivity index (χ4n) is 1.10. The lowest BCUT2D eigenvalue weighted by Crippen LogP contribution is -2.09. The van der Waals surface area contributed by atoms with E-state index in [4.69, 9.17) is 4.74 Å². The first-order chi connectivity index (χ1) is 6.74. The molecule has 0 spiro atoms. The zero-order valence-electron chi connectivity index (χ0n) is 8.73. The number of nitrogens with zero attached hydrogens (tertiary/aromatic N) is 1. The van der Waals surface area contributed by atoms with E-state index in [0.29, 0.717) is 18.9 Å². The Morgan fingerprint density at radius 2 is 2.29 bits per heavy atom. The predicted octanol–water partition coefficient (Wildman–Crippen LogP) is 1.85. The molecule has 0 bridgehead atoms. The molecule has 0 radical (unpaired) electrons. The normalized spacial score (nSPS) is 12.8. The Bertz CT molecular complexity index is 258. The summed E-state index contributed by atoms with van der Waals surface area (Å²) < 4.78 is 5.24. The van der Waals surface area contributed by atoms with Gasteiger partial charge in [0.05, 0.1) is 12.3 Å². The topological polar surface area (TPSA) is 42.4 Å². The van der Waals surface area contributed by atoms with Gasteiger partial charge in [0.2, 0.25) is 0 Å². The summed E-state index contributed by atoms with van der Waals surface area (Å²) in [5.74, 6) is 0. The summed E-state index contributed by atoms with van der Waals surface area (Å²) in [5.41, 5.74) is 1.77. The summed E-state index contributed by atoms with van der Waals surface area (Å²) in [6.07, 6.45) is 2.11. The second-order valence-corrected chi connectivity index (χ2v) is 3.35. The summed E-state index contributed by atoms with van der Waals surface area (Å²) in [5, 5.41) is 9.65. The van der Waals surface area contributed by atoms with Crippen LogP contribution in [0.25, 0.3) is 0 Å². The van der Waals surface area contributed by atoms with Gasteiger partial charge in [-0.3, -0.25) is 4.98 Å². The van der Waals surface area contributed by atoms with E-state index in [-0.39, 0.29) is 0 Å². The molecule has 1 aromatic heterocycles. The monoisotopic (exact) mass is 195 g/mol. The third kappa shape index (κ3) is 3.44. The number of rotatable bonds is 5. The molecular weight excluding hydrogens is 178 g/mol. The van der Waals surface area contributed by atoms with Crippen LogP contribution in [0.1, 0.15) is 30.7 Å². The zero-order chi connectivity index (χ0) is 10.4. The van der Waals surface area contributed by atoms with Gasteiger partial charge in [0.1, 0.15) is 6.10 Å². The van der Waals surface area contributed by atoms with Gasteiger partial charge in [-0.05, 0) is 25.0 Å². The number of ether oxygens (including phenoxy) is 1. The van der Waals surface area contributed by atoms with Gasteiger partial charge in [0.25, 0.3) is 0 Å². The van der Waals surface area contributed by atoms with Gasteiger partial charge in [0, 0.05) is 12.8 Å². The highest BCUT2D eigenvalue weighted by molar-refractivity contribution is 5.13. The van der Waals surface area contributed by atoms with Crippen LogP contribution in [0.3, 0.4) is 0 Å². The summed E-state index contributed by atoms with van der Waals surface area (Å²) in [7, 11) is 0. The maximum atomic E-state index is 9.65. The van der Waals surface area contributed by atoms with Crippen molar-refractivity contribution in [2.24, 2.45) is 0 Å². The first-order valence-electron chi connectivity index (χ1n) is 4.92. The van der Waals surface area contributed by atoms with Crippen LogP contribution in [-0.4, -0.2) is 23.3 Å². The summed E-state index contributed by atoms with van der Waals surface area (Å²) >= 11 is 0. The molecule has 1 unspecified atom stereocenters. The van der Waals surface area contributed by atoms with Crippen LogP contribution in [0.5, 0.6) is 0 Å². The van der Waals surface area contributed by atoms with Crippen molar-refractivity contribution in [3.63, 3.8) is 0 Å². The molecule has 0 aliphatic carbocycles. The molecule has 0 aliphatic heterocycles. The van der Waals surface area contributed by atoms with E-state index >= 15 is 0 Å². The van der Waals surface area contributed by atoms with E-state index in [0.717, 1.165) is 12.0 Å². The molecule has 14 heavy (non-hydrogen) atoms. The van der Waals surface area contributed by atoms with Crippen LogP contribution < -0.4 is 0 Å². The SMILES string of the molecule is CCCOCC(O)c1ccc(C)cn1. The molecule has 0 fully saturated rings. The second kappa shape index (κ2) is 5.73. The van der Waals surface area contributed by atoms with Crippen molar-refractivity contribution in [1.29, 1.82) is 0 Å². The molecular formula is C11H17NO2. The number of pyridine rings is 1. The quantitative estimate of drug-likeness (QED) is 0.729. The smallest absolute Gasteiger partial charge is 0.119 e. The van der Waals surface area contributed by atoms with Crippen molar-refractivity contribution in [3.05, 3.63) is 29.6 Å². The molecule has 0 saturated carbocycles. The van der Waals surface area contributed by atoms with E-state index in [1.54, 1.807) is 6.20 Å². The van der Waals surface area contributed by atoms with Crippen molar-refractivity contribution in [1.82, 2.24) is 4.98 Å². The summed E-state index contributed by atoms with van der Waals surface area (Å²) in [4.78, 5) is 4.13. The highest BCUT2D eigenvalue weighted by Gasteiger charge is 2.07. The predicted molar refractivity (Wildman–Crippen MR) is 55.0 cm³/mol. The van der Waals surface area contributed by atoms with Gasteiger partial charge < -0.3 is 9.84 Å². The average Bonchev–Trinajstić information content (AvgIpc) is 2.19. The maximum Gasteiger partial charge on any atom is 0.119 e. The second-order valence-electron chi connectivity index (χ2n) is 3.35. The van der Waals surface area contributed by atoms with Crippen LogP contribution in [0.4, 0.5) is 0 Å². The third-order valence-corrected chi connectivity index (χ3v) is 1.90. The Hall–Kier alpha value is -0.930. The molecule has 1 heterocycles. The maximum absolute atomic E-state index is 9.65. The summed E-state index contributed by atoms with van der Waals surface area (Å²) in [6, 6.07) is 3.76. The highest BCUT2D eigenvalue weighted by atomic mass is 16.5. The molecule has 0 aromatic carbocycles. The Labute approximate surface area is 84.7 Å². The molecule has 1 atom stereocenters. The number of aliphatic hydroxyl groups excluding tert-OH is 1. The minimum absolute atomic E-state index is 0.323. The van der Waals surface area contributed by atoms with Crippen LogP contribution in [0, 0.1) is 6.92 Å². The fraction of sp³-hybridized carbons (Fsp3) is 0.545. The molecule has 1 rings (SSSR count). The minimum Gasteiger partial charge on any atom is -0.384 e. The lowest BCUT2D eigenvalue weighted by Gasteiger charge is -2.10. The minimum atomic E-state index is -0.609. The van der Waals surface area contributed by atoms with Gasteiger partial charge in [-0.2, -0.15) is 0 Å². The lowest BCUT2D eigenvalue weighted by atomic mass is 10.2. The van der Waals surface area contributed by atoms with Crippen molar-refractivity contribution >= 4 is 0 Å².